The minimum Gasteiger partial charge on any atom is -0.366 e. The summed E-state index contributed by atoms with van der Waals surface area (Å²) in [6.45, 7) is 1.66. The second-order valence-electron chi connectivity index (χ2n) is 3.68. The second kappa shape index (κ2) is 5.48. The van der Waals surface area contributed by atoms with Crippen molar-refractivity contribution < 1.29 is 17.4 Å². The maximum absolute atomic E-state index is 12.6. The molecule has 0 aromatic carbocycles. The minimum absolute atomic E-state index is 0.224. The van der Waals surface area contributed by atoms with Gasteiger partial charge in [-0.05, 0) is 19.1 Å². The molecule has 17 heavy (non-hydrogen) atoms. The van der Waals surface area contributed by atoms with Gasteiger partial charge < -0.3 is 5.32 Å². The van der Waals surface area contributed by atoms with Crippen molar-refractivity contribution in [3.8, 4) is 0 Å². The van der Waals surface area contributed by atoms with Crippen LogP contribution in [0.15, 0.2) is 18.3 Å². The van der Waals surface area contributed by atoms with E-state index in [1.807, 2.05) is 0 Å². The Morgan fingerprint density at radius 1 is 1.53 bits per heavy atom. The van der Waals surface area contributed by atoms with Crippen molar-refractivity contribution in [1.82, 2.24) is 4.98 Å². The highest BCUT2D eigenvalue weighted by molar-refractivity contribution is 7.84. The lowest BCUT2D eigenvalue weighted by atomic mass is 10.2. The number of rotatable bonds is 4. The summed E-state index contributed by atoms with van der Waals surface area (Å²) in [4.78, 5) is 3.66. The quantitative estimate of drug-likeness (QED) is 0.909. The molecule has 0 saturated heterocycles. The molecule has 0 fully saturated rings. The molecular formula is C10H13F3N2OS. The van der Waals surface area contributed by atoms with Crippen molar-refractivity contribution in [2.45, 2.75) is 19.1 Å². The van der Waals surface area contributed by atoms with Crippen LogP contribution >= 0.6 is 0 Å². The van der Waals surface area contributed by atoms with Crippen LogP contribution in [-0.4, -0.2) is 27.2 Å². The molecule has 0 saturated carbocycles. The average Bonchev–Trinajstić information content (AvgIpc) is 2.15. The van der Waals surface area contributed by atoms with Crippen LogP contribution in [0.4, 0.5) is 19.0 Å². The standard InChI is InChI=1S/C10H13F3N2OS/c1-7(6-17(2)16)15-9-8(10(11,12)13)4-3-5-14-9/h3-5,7H,6H2,1-2H3,(H,14,15). The molecular weight excluding hydrogens is 253 g/mol. The lowest BCUT2D eigenvalue weighted by Crippen LogP contribution is -2.24. The first-order chi connectivity index (χ1) is 7.80. The molecule has 7 heteroatoms. The number of nitrogens with one attached hydrogen (secondary N) is 1. The van der Waals surface area contributed by atoms with Crippen molar-refractivity contribution >= 4 is 16.6 Å². The van der Waals surface area contributed by atoms with Crippen LogP contribution in [0.2, 0.25) is 0 Å². The van der Waals surface area contributed by atoms with Gasteiger partial charge in [0.15, 0.2) is 0 Å². The molecule has 0 spiro atoms. The van der Waals surface area contributed by atoms with E-state index in [4.69, 9.17) is 0 Å². The first kappa shape index (κ1) is 14.0. The molecule has 0 bridgehead atoms. The zero-order valence-electron chi connectivity index (χ0n) is 9.41. The van der Waals surface area contributed by atoms with Crippen molar-refractivity contribution in [1.29, 1.82) is 0 Å². The summed E-state index contributed by atoms with van der Waals surface area (Å²) < 4.78 is 48.8. The lowest BCUT2D eigenvalue weighted by Gasteiger charge is -2.17. The summed E-state index contributed by atoms with van der Waals surface area (Å²) >= 11 is 0. The highest BCUT2D eigenvalue weighted by Crippen LogP contribution is 2.33. The Kier molecular flexibility index (Phi) is 4.50. The molecule has 96 valence electrons. The van der Waals surface area contributed by atoms with Gasteiger partial charge in [0, 0.05) is 35.0 Å². The third-order valence-corrected chi connectivity index (χ3v) is 2.95. The lowest BCUT2D eigenvalue weighted by molar-refractivity contribution is -0.137. The number of hydrogen-bond donors (Lipinski definition) is 1. The van der Waals surface area contributed by atoms with E-state index in [9.17, 15) is 17.4 Å². The molecule has 1 N–H and O–H groups in total. The van der Waals surface area contributed by atoms with E-state index in [1.54, 1.807) is 6.92 Å². The number of nitrogens with zero attached hydrogens (tertiary/aromatic N) is 1. The van der Waals surface area contributed by atoms with Crippen LogP contribution in [0.25, 0.3) is 0 Å². The zero-order valence-corrected chi connectivity index (χ0v) is 10.2. The summed E-state index contributed by atoms with van der Waals surface area (Å²) in [6.07, 6.45) is -1.66. The highest BCUT2D eigenvalue weighted by Gasteiger charge is 2.34. The van der Waals surface area contributed by atoms with E-state index in [-0.39, 0.29) is 17.6 Å². The summed E-state index contributed by atoms with van der Waals surface area (Å²) in [5, 5.41) is 2.62. The van der Waals surface area contributed by atoms with E-state index in [0.29, 0.717) is 0 Å². The Labute approximate surface area is 99.9 Å². The van der Waals surface area contributed by atoms with E-state index >= 15 is 0 Å². The van der Waals surface area contributed by atoms with Gasteiger partial charge in [0.25, 0.3) is 0 Å². The summed E-state index contributed by atoms with van der Waals surface area (Å²) in [7, 11) is -1.07. The number of pyridine rings is 1. The van der Waals surface area contributed by atoms with Crippen molar-refractivity contribution in [2.24, 2.45) is 0 Å². The van der Waals surface area contributed by atoms with Gasteiger partial charge in [0.1, 0.15) is 5.82 Å². The molecule has 2 atom stereocenters. The fourth-order valence-corrected chi connectivity index (χ4v) is 2.16. The normalized spacial score (nSPS) is 15.4. The van der Waals surface area contributed by atoms with Crippen LogP contribution < -0.4 is 5.32 Å². The van der Waals surface area contributed by atoms with E-state index < -0.39 is 22.5 Å². The van der Waals surface area contributed by atoms with Gasteiger partial charge in [0.2, 0.25) is 0 Å². The van der Waals surface area contributed by atoms with E-state index in [0.717, 1.165) is 6.07 Å². The third kappa shape index (κ3) is 4.33. The van der Waals surface area contributed by atoms with E-state index in [1.165, 1.54) is 18.5 Å². The molecule has 1 aromatic rings. The summed E-state index contributed by atoms with van der Waals surface area (Å²) in [5.74, 6) is 0.0476. The number of halogens is 3. The Morgan fingerprint density at radius 3 is 2.71 bits per heavy atom. The Balaban J connectivity index is 2.87. The first-order valence-corrected chi connectivity index (χ1v) is 6.62. The molecule has 1 aromatic heterocycles. The van der Waals surface area contributed by atoms with Crippen LogP contribution in [0.1, 0.15) is 12.5 Å². The van der Waals surface area contributed by atoms with Crippen LogP contribution in [0.5, 0.6) is 0 Å². The van der Waals surface area contributed by atoms with Crippen LogP contribution in [-0.2, 0) is 17.0 Å². The van der Waals surface area contributed by atoms with Crippen molar-refractivity contribution in [2.75, 3.05) is 17.3 Å². The Bertz CT molecular complexity index is 409. The monoisotopic (exact) mass is 266 g/mol. The molecule has 1 rings (SSSR count). The topological polar surface area (TPSA) is 42.0 Å². The van der Waals surface area contributed by atoms with Gasteiger partial charge in [-0.1, -0.05) is 0 Å². The zero-order chi connectivity index (χ0) is 13.1. The predicted octanol–water partition coefficient (Wildman–Crippen LogP) is 2.28. The van der Waals surface area contributed by atoms with Gasteiger partial charge >= 0.3 is 6.18 Å². The number of hydrogen-bond acceptors (Lipinski definition) is 3. The molecule has 0 amide bonds. The largest absolute Gasteiger partial charge is 0.419 e. The SMILES string of the molecule is CC(CS(C)=O)Nc1ncccc1C(F)(F)F. The highest BCUT2D eigenvalue weighted by atomic mass is 32.2. The number of aromatic nitrogens is 1. The second-order valence-corrected chi connectivity index (χ2v) is 5.16. The van der Waals surface area contributed by atoms with Gasteiger partial charge in [-0.25, -0.2) is 4.98 Å². The predicted molar refractivity (Wildman–Crippen MR) is 61.3 cm³/mol. The fourth-order valence-electron chi connectivity index (χ4n) is 1.38. The summed E-state index contributed by atoms with van der Waals surface area (Å²) in [6, 6.07) is 1.86. The third-order valence-electron chi connectivity index (χ3n) is 1.98. The van der Waals surface area contributed by atoms with Gasteiger partial charge in [-0.2, -0.15) is 13.2 Å². The minimum atomic E-state index is -4.44. The molecule has 0 aliphatic carbocycles. The molecule has 0 radical (unpaired) electrons. The molecule has 0 aliphatic rings. The molecule has 1 heterocycles. The molecule has 3 nitrogen and oxygen atoms in total. The average molecular weight is 266 g/mol. The number of alkyl halides is 3. The fraction of sp³-hybridized carbons (Fsp3) is 0.500. The molecule has 2 unspecified atom stereocenters. The van der Waals surface area contributed by atoms with Crippen molar-refractivity contribution in [3.63, 3.8) is 0 Å². The van der Waals surface area contributed by atoms with Crippen LogP contribution in [0, 0.1) is 0 Å². The Morgan fingerprint density at radius 2 is 2.18 bits per heavy atom. The maximum Gasteiger partial charge on any atom is 0.419 e. The van der Waals surface area contributed by atoms with Gasteiger partial charge in [-0.15, -0.1) is 0 Å². The smallest absolute Gasteiger partial charge is 0.366 e. The Hall–Kier alpha value is -1.11. The maximum atomic E-state index is 12.6. The van der Waals surface area contributed by atoms with Crippen LogP contribution in [0.3, 0.4) is 0 Å². The first-order valence-electron chi connectivity index (χ1n) is 4.89. The van der Waals surface area contributed by atoms with E-state index in [2.05, 4.69) is 10.3 Å². The van der Waals surface area contributed by atoms with Crippen molar-refractivity contribution in [3.05, 3.63) is 23.9 Å². The number of anilines is 1. The molecule has 0 aliphatic heterocycles. The van der Waals surface area contributed by atoms with Gasteiger partial charge in [-0.3, -0.25) is 4.21 Å². The van der Waals surface area contributed by atoms with Gasteiger partial charge in [0.05, 0.1) is 5.56 Å². The summed E-state index contributed by atoms with van der Waals surface area (Å²) in [5.41, 5.74) is -0.811.